The Morgan fingerprint density at radius 2 is 1.85 bits per heavy atom. The molecular weight excluding hydrogens is 336 g/mol. The van der Waals surface area contributed by atoms with E-state index < -0.39 is 29.6 Å². The van der Waals surface area contributed by atoms with Crippen molar-refractivity contribution in [1.29, 1.82) is 0 Å². The van der Waals surface area contributed by atoms with Gasteiger partial charge in [0.1, 0.15) is 12.2 Å². The average molecular weight is 364 g/mol. The Kier molecular flexibility index (Phi) is 6.78. The number of carbonyl (C=O) groups excluding carboxylic acids is 2. The van der Waals surface area contributed by atoms with Crippen molar-refractivity contribution in [2.24, 2.45) is 5.41 Å². The van der Waals surface area contributed by atoms with E-state index in [0.29, 0.717) is 13.0 Å². The van der Waals surface area contributed by atoms with Crippen molar-refractivity contribution >= 4 is 11.9 Å². The summed E-state index contributed by atoms with van der Waals surface area (Å²) in [5.74, 6) is -0.823. The lowest BCUT2D eigenvalue weighted by Crippen LogP contribution is -2.56. The topological polar surface area (TPSA) is 71.1 Å². The number of rotatable bonds is 6. The van der Waals surface area contributed by atoms with Gasteiger partial charge in [-0.05, 0) is 26.3 Å². The van der Waals surface area contributed by atoms with Gasteiger partial charge in [-0.1, -0.05) is 30.3 Å². The summed E-state index contributed by atoms with van der Waals surface area (Å²) in [5.41, 5.74) is 0.105. The second-order valence-corrected chi connectivity index (χ2v) is 7.19. The van der Waals surface area contributed by atoms with Gasteiger partial charge < -0.3 is 18.9 Å². The summed E-state index contributed by atoms with van der Waals surface area (Å²) in [5, 5.41) is 0. The first-order valence-corrected chi connectivity index (χ1v) is 8.82. The Balaban J connectivity index is 2.12. The fraction of sp³-hybridized carbons (Fsp3) is 0.600. The third kappa shape index (κ3) is 4.83. The number of hydrogen-bond acceptors (Lipinski definition) is 6. The monoisotopic (exact) mass is 364 g/mol. The molecule has 1 aliphatic rings. The molecule has 2 rings (SSSR count). The molecule has 1 aromatic carbocycles. The molecule has 144 valence electrons. The maximum Gasteiger partial charge on any atom is 0.314 e. The normalized spacial score (nSPS) is 26.2. The minimum Gasteiger partial charge on any atom is -0.469 e. The Morgan fingerprint density at radius 1 is 1.19 bits per heavy atom. The molecule has 0 saturated carbocycles. The van der Waals surface area contributed by atoms with Crippen molar-refractivity contribution in [1.82, 2.24) is 0 Å². The third-order valence-corrected chi connectivity index (χ3v) is 4.73. The second-order valence-electron chi connectivity index (χ2n) is 7.19. The van der Waals surface area contributed by atoms with Crippen LogP contribution in [0.25, 0.3) is 0 Å². The molecule has 0 aromatic heterocycles. The van der Waals surface area contributed by atoms with Gasteiger partial charge in [0.2, 0.25) is 0 Å². The number of methoxy groups -OCH3 is 1. The Labute approximate surface area is 154 Å². The largest absolute Gasteiger partial charge is 0.469 e. The first-order chi connectivity index (χ1) is 12.3. The van der Waals surface area contributed by atoms with Crippen molar-refractivity contribution in [3.8, 4) is 0 Å². The van der Waals surface area contributed by atoms with Crippen molar-refractivity contribution in [3.63, 3.8) is 0 Å². The van der Waals surface area contributed by atoms with E-state index in [-0.39, 0.29) is 12.2 Å². The molecular formula is C20H28O6. The zero-order chi connectivity index (χ0) is 19.3. The summed E-state index contributed by atoms with van der Waals surface area (Å²) < 4.78 is 22.5. The molecule has 1 saturated heterocycles. The molecule has 6 nitrogen and oxygen atoms in total. The van der Waals surface area contributed by atoms with Crippen LogP contribution in [0.2, 0.25) is 0 Å². The van der Waals surface area contributed by atoms with Gasteiger partial charge in [0, 0.05) is 13.3 Å². The van der Waals surface area contributed by atoms with E-state index in [1.54, 1.807) is 13.8 Å². The molecule has 1 aromatic rings. The van der Waals surface area contributed by atoms with Crippen molar-refractivity contribution in [3.05, 3.63) is 35.9 Å². The van der Waals surface area contributed by atoms with Gasteiger partial charge in [-0.3, -0.25) is 9.59 Å². The lowest BCUT2D eigenvalue weighted by Gasteiger charge is -2.44. The fourth-order valence-electron chi connectivity index (χ4n) is 3.27. The summed E-state index contributed by atoms with van der Waals surface area (Å²) in [7, 11) is 1.34. The highest BCUT2D eigenvalue weighted by atomic mass is 16.6. The standard InChI is InChI=1S/C20H28O6/c1-13-16(24-12-15-9-7-6-8-10-15)11-17(26-14(2)21)18(25-13)20(3,4)19(22)23-5/h6-10,13,16-18H,11-12H2,1-5H3/t13-,16+,17-,18-/m1/s1. The first kappa shape index (κ1) is 20.4. The highest BCUT2D eigenvalue weighted by Crippen LogP contribution is 2.36. The number of esters is 2. The molecule has 0 aliphatic carbocycles. The molecule has 0 amide bonds. The van der Waals surface area contributed by atoms with Gasteiger partial charge >= 0.3 is 11.9 Å². The molecule has 1 fully saturated rings. The smallest absolute Gasteiger partial charge is 0.314 e. The molecule has 0 spiro atoms. The van der Waals surface area contributed by atoms with Crippen LogP contribution < -0.4 is 0 Å². The van der Waals surface area contributed by atoms with E-state index in [2.05, 4.69) is 0 Å². The van der Waals surface area contributed by atoms with E-state index in [4.69, 9.17) is 18.9 Å². The molecule has 0 bridgehead atoms. The van der Waals surface area contributed by atoms with Crippen LogP contribution in [0.15, 0.2) is 30.3 Å². The number of ether oxygens (including phenoxy) is 4. The zero-order valence-corrected chi connectivity index (χ0v) is 16.1. The minimum absolute atomic E-state index is 0.246. The van der Waals surface area contributed by atoms with Crippen LogP contribution in [-0.2, 0) is 35.1 Å². The van der Waals surface area contributed by atoms with E-state index in [0.717, 1.165) is 5.56 Å². The van der Waals surface area contributed by atoms with E-state index in [1.807, 2.05) is 37.3 Å². The van der Waals surface area contributed by atoms with Gasteiger partial charge in [0.25, 0.3) is 0 Å². The molecule has 6 heteroatoms. The quantitative estimate of drug-likeness (QED) is 0.723. The van der Waals surface area contributed by atoms with E-state index in [1.165, 1.54) is 14.0 Å². The molecule has 0 unspecified atom stereocenters. The van der Waals surface area contributed by atoms with Crippen molar-refractivity contribution in [2.45, 2.75) is 65.1 Å². The summed E-state index contributed by atoms with van der Waals surface area (Å²) in [6.45, 7) is 7.16. The Hall–Kier alpha value is -1.92. The van der Waals surface area contributed by atoms with Gasteiger partial charge in [-0.15, -0.1) is 0 Å². The van der Waals surface area contributed by atoms with Crippen LogP contribution in [0.1, 0.15) is 39.7 Å². The maximum atomic E-state index is 12.2. The number of hydrogen-bond donors (Lipinski definition) is 0. The van der Waals surface area contributed by atoms with Gasteiger partial charge in [0.05, 0.1) is 31.3 Å². The third-order valence-electron chi connectivity index (χ3n) is 4.73. The first-order valence-electron chi connectivity index (χ1n) is 8.82. The summed E-state index contributed by atoms with van der Waals surface area (Å²) in [6.07, 6.45) is -1.23. The average Bonchev–Trinajstić information content (AvgIpc) is 2.61. The number of benzene rings is 1. The molecule has 4 atom stereocenters. The van der Waals surface area contributed by atoms with Crippen LogP contribution in [0, 0.1) is 5.41 Å². The minimum atomic E-state index is -0.951. The fourth-order valence-corrected chi connectivity index (χ4v) is 3.27. The van der Waals surface area contributed by atoms with Gasteiger partial charge in [0.15, 0.2) is 0 Å². The maximum absolute atomic E-state index is 12.2. The highest BCUT2D eigenvalue weighted by molar-refractivity contribution is 5.77. The summed E-state index contributed by atoms with van der Waals surface area (Å²) in [4.78, 5) is 23.7. The van der Waals surface area contributed by atoms with Gasteiger partial charge in [-0.25, -0.2) is 0 Å². The highest BCUT2D eigenvalue weighted by Gasteiger charge is 2.50. The predicted octanol–water partition coefficient (Wildman–Crippen LogP) is 2.88. The predicted molar refractivity (Wildman–Crippen MR) is 95.3 cm³/mol. The SMILES string of the molecule is COC(=O)C(C)(C)[C@@H]1O[C@H](C)[C@@H](OCc2ccccc2)C[C@H]1OC(C)=O. The molecule has 0 radical (unpaired) electrons. The molecule has 26 heavy (non-hydrogen) atoms. The van der Waals surface area contributed by atoms with Crippen molar-refractivity contribution in [2.75, 3.05) is 7.11 Å². The van der Waals surface area contributed by atoms with Crippen LogP contribution >= 0.6 is 0 Å². The number of carbonyl (C=O) groups is 2. The van der Waals surface area contributed by atoms with Crippen LogP contribution in [0.5, 0.6) is 0 Å². The summed E-state index contributed by atoms with van der Waals surface area (Å²) in [6, 6.07) is 9.83. The summed E-state index contributed by atoms with van der Waals surface area (Å²) >= 11 is 0. The van der Waals surface area contributed by atoms with E-state index in [9.17, 15) is 9.59 Å². The van der Waals surface area contributed by atoms with Crippen molar-refractivity contribution < 1.29 is 28.5 Å². The van der Waals surface area contributed by atoms with Crippen LogP contribution in [0.3, 0.4) is 0 Å². The Morgan fingerprint density at radius 3 is 2.42 bits per heavy atom. The van der Waals surface area contributed by atoms with Gasteiger partial charge in [-0.2, -0.15) is 0 Å². The molecule has 0 N–H and O–H groups in total. The second kappa shape index (κ2) is 8.64. The zero-order valence-electron chi connectivity index (χ0n) is 16.1. The lowest BCUT2D eigenvalue weighted by atomic mass is 9.79. The Bertz CT molecular complexity index is 612. The molecule has 1 aliphatic heterocycles. The molecule has 1 heterocycles. The lowest BCUT2D eigenvalue weighted by molar-refractivity contribution is -0.225. The van der Waals surface area contributed by atoms with Crippen LogP contribution in [-0.4, -0.2) is 43.5 Å². The van der Waals surface area contributed by atoms with Crippen LogP contribution in [0.4, 0.5) is 0 Å². The van der Waals surface area contributed by atoms with E-state index >= 15 is 0 Å².